The molecule has 39 heavy (non-hydrogen) atoms. The summed E-state index contributed by atoms with van der Waals surface area (Å²) < 4.78 is 11.0. The number of urea groups is 1. The summed E-state index contributed by atoms with van der Waals surface area (Å²) in [6.07, 6.45) is 0.591. The molecule has 1 aromatic carbocycles. The third-order valence-electron chi connectivity index (χ3n) is 7.04. The van der Waals surface area contributed by atoms with Crippen LogP contribution in [-0.2, 0) is 25.7 Å². The molecule has 2 heterocycles. The Hall–Kier alpha value is -3.14. The van der Waals surface area contributed by atoms with Gasteiger partial charge in [0.1, 0.15) is 12.7 Å². The lowest BCUT2D eigenvalue weighted by atomic mass is 9.83. The Bertz CT molecular complexity index is 933. The summed E-state index contributed by atoms with van der Waals surface area (Å²) in [5.74, 6) is -1.31. The second-order valence-corrected chi connectivity index (χ2v) is 9.94. The number of rotatable bonds is 10. The smallest absolute Gasteiger partial charge is 0.410 e. The van der Waals surface area contributed by atoms with Crippen molar-refractivity contribution in [3.05, 3.63) is 35.9 Å². The van der Waals surface area contributed by atoms with Crippen LogP contribution in [0.15, 0.2) is 30.3 Å². The monoisotopic (exact) mass is 546 g/mol. The first-order chi connectivity index (χ1) is 18.7. The van der Waals surface area contributed by atoms with E-state index in [1.165, 1.54) is 4.90 Å². The molecule has 1 aromatic rings. The zero-order valence-electron chi connectivity index (χ0n) is 24.4. The van der Waals surface area contributed by atoms with E-state index in [0.717, 1.165) is 23.6 Å². The Kier molecular flexibility index (Phi) is 13.2. The van der Waals surface area contributed by atoms with E-state index >= 15 is 0 Å². The van der Waals surface area contributed by atoms with E-state index in [2.05, 4.69) is 5.32 Å². The molecule has 3 rings (SSSR count). The van der Waals surface area contributed by atoms with Crippen LogP contribution < -0.4 is 5.32 Å². The van der Waals surface area contributed by atoms with Crippen molar-refractivity contribution in [1.82, 2.24) is 20.0 Å². The number of carbonyl (C=O) groups excluding carboxylic acids is 4. The van der Waals surface area contributed by atoms with Gasteiger partial charge in [-0.2, -0.15) is 0 Å². The maximum Gasteiger partial charge on any atom is 0.410 e. The number of hydrogen-bond acceptors (Lipinski definition) is 7. The highest BCUT2D eigenvalue weighted by molar-refractivity contribution is 6.07. The van der Waals surface area contributed by atoms with Crippen molar-refractivity contribution < 1.29 is 28.7 Å². The number of benzene rings is 1. The van der Waals surface area contributed by atoms with E-state index < -0.39 is 30.1 Å². The molecule has 0 bridgehead atoms. The Balaban J connectivity index is 0.00000260. The molecule has 218 valence electrons. The van der Waals surface area contributed by atoms with Gasteiger partial charge in [-0.15, -0.1) is 0 Å². The van der Waals surface area contributed by atoms with Crippen LogP contribution in [0.2, 0.25) is 0 Å². The molecule has 0 radical (unpaired) electrons. The minimum absolute atomic E-state index is 0.0755. The fraction of sp³-hybridized carbons (Fsp3) is 0.655. The normalized spacial score (nSPS) is 19.6. The van der Waals surface area contributed by atoms with Crippen molar-refractivity contribution in [2.45, 2.75) is 73.1 Å². The molecule has 10 nitrogen and oxygen atoms in total. The number of carbonyl (C=O) groups is 4. The average molecular weight is 547 g/mol. The summed E-state index contributed by atoms with van der Waals surface area (Å²) in [5.41, 5.74) is 0.831. The first-order valence-electron chi connectivity index (χ1n) is 14.2. The first-order valence-corrected chi connectivity index (χ1v) is 14.2. The van der Waals surface area contributed by atoms with Crippen molar-refractivity contribution in [3.63, 3.8) is 0 Å². The van der Waals surface area contributed by atoms with Crippen molar-refractivity contribution in [2.24, 2.45) is 11.8 Å². The minimum Gasteiger partial charge on any atom is -0.459 e. The zero-order chi connectivity index (χ0) is 28.9. The van der Waals surface area contributed by atoms with Gasteiger partial charge in [0, 0.05) is 26.2 Å². The minimum atomic E-state index is -0.944. The van der Waals surface area contributed by atoms with Crippen molar-refractivity contribution >= 4 is 24.0 Å². The lowest BCUT2D eigenvalue weighted by Crippen LogP contribution is -2.69. The van der Waals surface area contributed by atoms with Crippen molar-refractivity contribution in [1.29, 1.82) is 0 Å². The molecule has 0 spiro atoms. The summed E-state index contributed by atoms with van der Waals surface area (Å²) in [6, 6.07) is 7.83. The number of likely N-dealkylation sites (tertiary alicyclic amines) is 1. The Morgan fingerprint density at radius 1 is 1.00 bits per heavy atom. The summed E-state index contributed by atoms with van der Waals surface area (Å²) in [5, 5.41) is 3.22. The van der Waals surface area contributed by atoms with E-state index in [-0.39, 0.29) is 37.6 Å². The van der Waals surface area contributed by atoms with Gasteiger partial charge < -0.3 is 24.6 Å². The molecule has 0 saturated carbocycles. The number of nitrogens with zero attached hydrogens (tertiary/aromatic N) is 3. The average Bonchev–Trinajstić information content (AvgIpc) is 2.95. The highest BCUT2D eigenvalue weighted by Crippen LogP contribution is 2.33. The Morgan fingerprint density at radius 3 is 2.21 bits per heavy atom. The summed E-state index contributed by atoms with van der Waals surface area (Å²) >= 11 is 0. The molecule has 3 atom stereocenters. The molecular weight excluding hydrogens is 500 g/mol. The van der Waals surface area contributed by atoms with Gasteiger partial charge in [-0.3, -0.25) is 4.79 Å². The number of amides is 4. The SMILES string of the molecule is CC.CCNCCC[C@H]1C(=O)N(C(=O)N2CCN(C(=O)OC(C)C(C)C)CC2)C1C(=O)OCc1ccccc1. The highest BCUT2D eigenvalue weighted by atomic mass is 16.6. The molecule has 10 heteroatoms. The fourth-order valence-electron chi connectivity index (χ4n) is 4.35. The van der Waals surface area contributed by atoms with Gasteiger partial charge in [-0.1, -0.05) is 65.0 Å². The molecule has 0 aliphatic carbocycles. The van der Waals surface area contributed by atoms with Gasteiger partial charge in [0.15, 0.2) is 6.04 Å². The molecule has 2 aliphatic heterocycles. The number of ether oxygens (including phenoxy) is 2. The maximum atomic E-state index is 13.3. The Labute approximate surface area is 233 Å². The molecular formula is C29H46N4O6. The van der Waals surface area contributed by atoms with Gasteiger partial charge in [0.25, 0.3) is 0 Å². The maximum absolute atomic E-state index is 13.3. The van der Waals surface area contributed by atoms with Gasteiger partial charge in [-0.05, 0) is 44.3 Å². The molecule has 0 aromatic heterocycles. The molecule has 2 fully saturated rings. The second kappa shape index (κ2) is 16.1. The van der Waals surface area contributed by atoms with Crippen LogP contribution in [0.25, 0.3) is 0 Å². The fourth-order valence-corrected chi connectivity index (χ4v) is 4.35. The summed E-state index contributed by atoms with van der Waals surface area (Å²) in [6.45, 7) is 14.5. The van der Waals surface area contributed by atoms with E-state index in [4.69, 9.17) is 9.47 Å². The van der Waals surface area contributed by atoms with Gasteiger partial charge >= 0.3 is 18.1 Å². The van der Waals surface area contributed by atoms with Crippen LogP contribution >= 0.6 is 0 Å². The number of hydrogen-bond donors (Lipinski definition) is 1. The lowest BCUT2D eigenvalue weighted by Gasteiger charge is -2.46. The van der Waals surface area contributed by atoms with Gasteiger partial charge in [0.2, 0.25) is 5.91 Å². The largest absolute Gasteiger partial charge is 0.459 e. The predicted octanol–water partition coefficient (Wildman–Crippen LogP) is 3.89. The number of nitrogens with one attached hydrogen (secondary N) is 1. The standard InChI is InChI=1S/C27H40N4O6.C2H6/c1-5-28-13-9-12-22-23(25(33)36-18-21-10-7-6-8-11-21)31(24(22)32)26(34)29-14-16-30(17-15-29)27(35)37-20(4)19(2)3;1-2/h6-8,10-11,19-20,22-23,28H,5,9,12-18H2,1-4H3;1-2H3/t20?,22-,23?;/m1./s1. The van der Waals surface area contributed by atoms with Crippen LogP contribution in [0.5, 0.6) is 0 Å². The van der Waals surface area contributed by atoms with E-state index in [1.54, 1.807) is 4.90 Å². The van der Waals surface area contributed by atoms with Crippen molar-refractivity contribution in [3.8, 4) is 0 Å². The molecule has 2 unspecified atom stereocenters. The summed E-state index contributed by atoms with van der Waals surface area (Å²) in [4.78, 5) is 56.0. The van der Waals surface area contributed by atoms with Crippen LogP contribution in [0.3, 0.4) is 0 Å². The molecule has 2 saturated heterocycles. The van der Waals surface area contributed by atoms with E-state index in [0.29, 0.717) is 25.9 Å². The second-order valence-electron chi connectivity index (χ2n) is 9.94. The topological polar surface area (TPSA) is 108 Å². The molecule has 2 aliphatic rings. The highest BCUT2D eigenvalue weighted by Gasteiger charge is 2.56. The van der Waals surface area contributed by atoms with Crippen LogP contribution in [0, 0.1) is 11.8 Å². The number of piperazine rings is 1. The lowest BCUT2D eigenvalue weighted by molar-refractivity contribution is -0.171. The van der Waals surface area contributed by atoms with E-state index in [9.17, 15) is 19.2 Å². The van der Waals surface area contributed by atoms with Crippen LogP contribution in [0.1, 0.15) is 59.9 Å². The predicted molar refractivity (Wildman–Crippen MR) is 149 cm³/mol. The number of esters is 1. The zero-order valence-corrected chi connectivity index (χ0v) is 24.4. The third-order valence-corrected chi connectivity index (χ3v) is 7.04. The van der Waals surface area contributed by atoms with Crippen LogP contribution in [0.4, 0.5) is 9.59 Å². The van der Waals surface area contributed by atoms with Crippen molar-refractivity contribution in [2.75, 3.05) is 39.3 Å². The Morgan fingerprint density at radius 2 is 1.62 bits per heavy atom. The van der Waals surface area contributed by atoms with Gasteiger partial charge in [0.05, 0.1) is 5.92 Å². The van der Waals surface area contributed by atoms with Crippen LogP contribution in [-0.4, -0.2) is 90.1 Å². The van der Waals surface area contributed by atoms with E-state index in [1.807, 2.05) is 71.9 Å². The third kappa shape index (κ3) is 8.68. The quantitative estimate of drug-likeness (QED) is 0.269. The number of imide groups is 1. The first kappa shape index (κ1) is 32.1. The molecule has 1 N–H and O–H groups in total. The summed E-state index contributed by atoms with van der Waals surface area (Å²) in [7, 11) is 0. The molecule has 4 amide bonds. The number of β-lactam (4-membered cyclic amide) rings is 1. The van der Waals surface area contributed by atoms with Gasteiger partial charge in [-0.25, -0.2) is 19.3 Å².